The highest BCUT2D eigenvalue weighted by Crippen LogP contribution is 2.12. The van der Waals surface area contributed by atoms with Gasteiger partial charge in [0.1, 0.15) is 5.82 Å². The zero-order chi connectivity index (χ0) is 19.1. The van der Waals surface area contributed by atoms with Crippen molar-refractivity contribution in [2.24, 2.45) is 0 Å². The average molecular weight is 370 g/mol. The summed E-state index contributed by atoms with van der Waals surface area (Å²) < 4.78 is 7.55. The van der Waals surface area contributed by atoms with Crippen LogP contribution in [-0.2, 0) is 22.6 Å². The predicted octanol–water partition coefficient (Wildman–Crippen LogP) is 2.31. The summed E-state index contributed by atoms with van der Waals surface area (Å²) in [5.41, 5.74) is 2.55. The Morgan fingerprint density at radius 2 is 2.04 bits per heavy atom. The first-order chi connectivity index (χ1) is 13.2. The second-order valence-electron chi connectivity index (χ2n) is 7.02. The third-order valence-electron chi connectivity index (χ3n) is 5.18. The van der Waals surface area contributed by atoms with E-state index in [1.165, 1.54) is 11.1 Å². The van der Waals surface area contributed by atoms with E-state index < -0.39 is 0 Å². The van der Waals surface area contributed by atoms with Crippen molar-refractivity contribution < 1.29 is 9.53 Å². The van der Waals surface area contributed by atoms with Crippen LogP contribution in [0.1, 0.15) is 30.3 Å². The molecule has 1 fully saturated rings. The van der Waals surface area contributed by atoms with E-state index in [0.29, 0.717) is 13.0 Å². The van der Waals surface area contributed by atoms with E-state index in [1.807, 2.05) is 24.2 Å². The molecule has 0 aliphatic carbocycles. The van der Waals surface area contributed by atoms with Crippen molar-refractivity contribution >= 4 is 5.91 Å². The molecule has 2 aromatic rings. The highest BCUT2D eigenvalue weighted by Gasteiger charge is 2.18. The number of hydrogen-bond donors (Lipinski definition) is 0. The molecule has 1 amide bonds. The van der Waals surface area contributed by atoms with Crippen LogP contribution < -0.4 is 0 Å². The summed E-state index contributed by atoms with van der Waals surface area (Å²) in [6, 6.07) is 8.39. The Hall–Kier alpha value is -2.18. The van der Waals surface area contributed by atoms with E-state index in [4.69, 9.17) is 4.74 Å². The molecule has 6 heteroatoms. The largest absolute Gasteiger partial charge is 0.379 e. The molecule has 3 rings (SSSR count). The van der Waals surface area contributed by atoms with Crippen LogP contribution >= 0.6 is 0 Å². The molecular weight excluding hydrogens is 340 g/mol. The lowest BCUT2D eigenvalue weighted by molar-refractivity contribution is -0.132. The van der Waals surface area contributed by atoms with Gasteiger partial charge in [-0.3, -0.25) is 9.69 Å². The quantitative estimate of drug-likeness (QED) is 0.716. The normalized spacial score (nSPS) is 15.0. The number of imidazole rings is 1. The molecule has 1 aromatic heterocycles. The fraction of sp³-hybridized carbons (Fsp3) is 0.524. The molecule has 0 atom stereocenters. The second kappa shape index (κ2) is 9.67. The maximum absolute atomic E-state index is 12.5. The standard InChI is InChI=1S/C21H30N4O2/c1-3-21(26)25(11-10-23-12-14-27-15-13-23)17-20-22-8-9-24(20)16-19-7-5-4-6-18(19)2/h4-9H,3,10-17H2,1-2H3. The fourth-order valence-electron chi connectivity index (χ4n) is 3.38. The summed E-state index contributed by atoms with van der Waals surface area (Å²) in [5.74, 6) is 1.11. The number of nitrogens with zero attached hydrogens (tertiary/aromatic N) is 4. The Bertz CT molecular complexity index is 737. The Labute approximate surface area is 161 Å². The van der Waals surface area contributed by atoms with Crippen molar-refractivity contribution in [2.75, 3.05) is 39.4 Å². The van der Waals surface area contributed by atoms with Gasteiger partial charge in [-0.25, -0.2) is 4.98 Å². The minimum absolute atomic E-state index is 0.175. The lowest BCUT2D eigenvalue weighted by Gasteiger charge is -2.30. The van der Waals surface area contributed by atoms with Crippen LogP contribution in [0.25, 0.3) is 0 Å². The SMILES string of the molecule is CCC(=O)N(CCN1CCOCC1)Cc1nccn1Cc1ccccc1C. The van der Waals surface area contributed by atoms with Gasteiger partial charge in [0.2, 0.25) is 5.91 Å². The highest BCUT2D eigenvalue weighted by molar-refractivity contribution is 5.75. The Morgan fingerprint density at radius 3 is 2.78 bits per heavy atom. The lowest BCUT2D eigenvalue weighted by Crippen LogP contribution is -2.43. The van der Waals surface area contributed by atoms with Crippen molar-refractivity contribution in [3.8, 4) is 0 Å². The van der Waals surface area contributed by atoms with E-state index in [1.54, 1.807) is 0 Å². The molecule has 27 heavy (non-hydrogen) atoms. The molecule has 1 aromatic carbocycles. The van der Waals surface area contributed by atoms with Crippen LogP contribution in [-0.4, -0.2) is 64.7 Å². The monoisotopic (exact) mass is 370 g/mol. The lowest BCUT2D eigenvalue weighted by atomic mass is 10.1. The summed E-state index contributed by atoms with van der Waals surface area (Å²) in [5, 5.41) is 0. The Morgan fingerprint density at radius 1 is 1.26 bits per heavy atom. The van der Waals surface area contributed by atoms with Gasteiger partial charge in [-0.05, 0) is 18.1 Å². The van der Waals surface area contributed by atoms with Crippen molar-refractivity contribution in [3.63, 3.8) is 0 Å². The molecule has 0 saturated carbocycles. The molecule has 146 valence electrons. The summed E-state index contributed by atoms with van der Waals surface area (Å²) >= 11 is 0. The Balaban J connectivity index is 1.66. The molecule has 1 saturated heterocycles. The molecular formula is C21H30N4O2. The number of carbonyl (C=O) groups excluding carboxylic acids is 1. The predicted molar refractivity (Wildman–Crippen MR) is 105 cm³/mol. The third-order valence-corrected chi connectivity index (χ3v) is 5.18. The topological polar surface area (TPSA) is 50.6 Å². The first-order valence-corrected chi connectivity index (χ1v) is 9.79. The minimum atomic E-state index is 0.175. The van der Waals surface area contributed by atoms with Crippen molar-refractivity contribution in [2.45, 2.75) is 33.4 Å². The number of carbonyl (C=O) groups is 1. The first kappa shape index (κ1) is 19.6. The zero-order valence-electron chi connectivity index (χ0n) is 16.4. The molecule has 1 aliphatic rings. The number of hydrogen-bond acceptors (Lipinski definition) is 4. The average Bonchev–Trinajstić information content (AvgIpc) is 3.13. The van der Waals surface area contributed by atoms with Gasteiger partial charge in [0, 0.05) is 51.5 Å². The van der Waals surface area contributed by atoms with Crippen LogP contribution in [0, 0.1) is 6.92 Å². The minimum Gasteiger partial charge on any atom is -0.379 e. The Kier molecular flexibility index (Phi) is 7.01. The van der Waals surface area contributed by atoms with Crippen LogP contribution in [0.4, 0.5) is 0 Å². The van der Waals surface area contributed by atoms with E-state index in [2.05, 4.69) is 45.6 Å². The maximum Gasteiger partial charge on any atom is 0.222 e. The van der Waals surface area contributed by atoms with Gasteiger partial charge in [0.15, 0.2) is 0 Å². The molecule has 2 heterocycles. The molecule has 0 N–H and O–H groups in total. The van der Waals surface area contributed by atoms with E-state index in [9.17, 15) is 4.79 Å². The van der Waals surface area contributed by atoms with Gasteiger partial charge in [0.05, 0.1) is 19.8 Å². The maximum atomic E-state index is 12.5. The van der Waals surface area contributed by atoms with Gasteiger partial charge in [0.25, 0.3) is 0 Å². The smallest absolute Gasteiger partial charge is 0.222 e. The van der Waals surface area contributed by atoms with Crippen LogP contribution in [0.5, 0.6) is 0 Å². The summed E-state index contributed by atoms with van der Waals surface area (Å²) in [7, 11) is 0. The summed E-state index contributed by atoms with van der Waals surface area (Å²) in [4.78, 5) is 21.3. The third kappa shape index (κ3) is 5.40. The zero-order valence-corrected chi connectivity index (χ0v) is 16.4. The number of amides is 1. The molecule has 0 unspecified atom stereocenters. The number of rotatable bonds is 8. The van der Waals surface area contributed by atoms with Crippen LogP contribution in [0.2, 0.25) is 0 Å². The van der Waals surface area contributed by atoms with Gasteiger partial charge >= 0.3 is 0 Å². The number of aryl methyl sites for hydroxylation is 1. The summed E-state index contributed by atoms with van der Waals surface area (Å²) in [6.07, 6.45) is 4.34. The fourth-order valence-corrected chi connectivity index (χ4v) is 3.38. The number of aromatic nitrogens is 2. The molecule has 0 radical (unpaired) electrons. The molecule has 0 bridgehead atoms. The van der Waals surface area contributed by atoms with Gasteiger partial charge in [-0.1, -0.05) is 31.2 Å². The van der Waals surface area contributed by atoms with E-state index in [0.717, 1.165) is 51.8 Å². The number of ether oxygens (including phenoxy) is 1. The summed E-state index contributed by atoms with van der Waals surface area (Å²) in [6.45, 7) is 10.4. The van der Waals surface area contributed by atoms with Crippen LogP contribution in [0.15, 0.2) is 36.7 Å². The van der Waals surface area contributed by atoms with Gasteiger partial charge in [-0.2, -0.15) is 0 Å². The van der Waals surface area contributed by atoms with E-state index >= 15 is 0 Å². The van der Waals surface area contributed by atoms with Gasteiger partial charge in [-0.15, -0.1) is 0 Å². The highest BCUT2D eigenvalue weighted by atomic mass is 16.5. The van der Waals surface area contributed by atoms with Crippen molar-refractivity contribution in [3.05, 3.63) is 53.6 Å². The molecule has 0 spiro atoms. The molecule has 6 nitrogen and oxygen atoms in total. The van der Waals surface area contributed by atoms with Gasteiger partial charge < -0.3 is 14.2 Å². The van der Waals surface area contributed by atoms with E-state index in [-0.39, 0.29) is 5.91 Å². The molecule has 1 aliphatic heterocycles. The van der Waals surface area contributed by atoms with Crippen molar-refractivity contribution in [1.29, 1.82) is 0 Å². The van der Waals surface area contributed by atoms with Crippen molar-refractivity contribution in [1.82, 2.24) is 19.4 Å². The second-order valence-corrected chi connectivity index (χ2v) is 7.02. The first-order valence-electron chi connectivity index (χ1n) is 9.79. The van der Waals surface area contributed by atoms with Crippen LogP contribution in [0.3, 0.4) is 0 Å². The number of benzene rings is 1. The number of morpholine rings is 1.